The molecule has 0 bridgehead atoms. The number of nitrogens with zero attached hydrogens (tertiary/aromatic N) is 1. The van der Waals surface area contributed by atoms with Crippen LogP contribution in [0.3, 0.4) is 0 Å². The number of halogens is 3. The Kier molecular flexibility index (Phi) is 3.31. The highest BCUT2D eigenvalue weighted by atomic mass is 19.4. The summed E-state index contributed by atoms with van der Waals surface area (Å²) in [7, 11) is 0. The Bertz CT molecular complexity index is 442. The first-order valence-electron chi connectivity index (χ1n) is 5.36. The molecule has 1 aliphatic rings. The van der Waals surface area contributed by atoms with Gasteiger partial charge in [0.15, 0.2) is 5.96 Å². The number of aliphatic imine (C=N–C) groups is 1. The number of hydrogen-bond donors (Lipinski definition) is 2. The molecule has 0 saturated heterocycles. The fourth-order valence-corrected chi connectivity index (χ4v) is 1.76. The Morgan fingerprint density at radius 1 is 1.28 bits per heavy atom. The van der Waals surface area contributed by atoms with Crippen LogP contribution in [0.1, 0.15) is 18.0 Å². The third-order valence-electron chi connectivity index (χ3n) is 2.54. The molecule has 18 heavy (non-hydrogen) atoms. The summed E-state index contributed by atoms with van der Waals surface area (Å²) in [6, 6.07) is 5.70. The van der Waals surface area contributed by atoms with Gasteiger partial charge in [-0.05, 0) is 24.1 Å². The maximum atomic E-state index is 12.0. The minimum atomic E-state index is -4.66. The summed E-state index contributed by atoms with van der Waals surface area (Å²) in [5.41, 5.74) is 6.39. The van der Waals surface area contributed by atoms with Crippen molar-refractivity contribution in [1.29, 1.82) is 0 Å². The highest BCUT2D eigenvalue weighted by Gasteiger charge is 2.31. The third kappa shape index (κ3) is 3.28. The minimum Gasteiger partial charge on any atom is -0.406 e. The average Bonchev–Trinajstić information content (AvgIpc) is 2.28. The minimum absolute atomic E-state index is 0.0255. The second-order valence-corrected chi connectivity index (χ2v) is 3.87. The van der Waals surface area contributed by atoms with E-state index in [1.165, 1.54) is 12.1 Å². The van der Waals surface area contributed by atoms with Crippen molar-refractivity contribution in [1.82, 2.24) is 5.32 Å². The second-order valence-electron chi connectivity index (χ2n) is 3.87. The van der Waals surface area contributed by atoms with Crippen LogP contribution in [-0.4, -0.2) is 18.9 Å². The van der Waals surface area contributed by atoms with Crippen LogP contribution < -0.4 is 15.8 Å². The monoisotopic (exact) mass is 259 g/mol. The van der Waals surface area contributed by atoms with Gasteiger partial charge in [0.1, 0.15) is 5.75 Å². The van der Waals surface area contributed by atoms with Crippen LogP contribution in [0.15, 0.2) is 29.3 Å². The molecule has 0 radical (unpaired) electrons. The molecule has 1 aliphatic heterocycles. The molecule has 98 valence electrons. The Morgan fingerprint density at radius 3 is 2.50 bits per heavy atom. The highest BCUT2D eigenvalue weighted by Crippen LogP contribution is 2.25. The first-order chi connectivity index (χ1) is 8.44. The summed E-state index contributed by atoms with van der Waals surface area (Å²) < 4.78 is 39.7. The van der Waals surface area contributed by atoms with Gasteiger partial charge in [-0.1, -0.05) is 12.1 Å². The highest BCUT2D eigenvalue weighted by molar-refractivity contribution is 5.78. The molecule has 0 amide bonds. The second kappa shape index (κ2) is 4.75. The molecular weight excluding hydrogens is 247 g/mol. The van der Waals surface area contributed by atoms with Crippen molar-refractivity contribution in [3.05, 3.63) is 29.8 Å². The zero-order valence-electron chi connectivity index (χ0n) is 9.37. The molecule has 4 nitrogen and oxygen atoms in total. The Balaban J connectivity index is 2.06. The molecule has 1 aromatic carbocycles. The molecule has 0 aliphatic carbocycles. The standard InChI is InChI=1S/C11H12F3N3O/c12-11(13,14)18-8-3-1-7(2-4-8)9-5-6-16-10(15)17-9/h1-4,9H,5-6H2,(H3,15,16,17). The van der Waals surface area contributed by atoms with E-state index in [0.717, 1.165) is 12.0 Å². The summed E-state index contributed by atoms with van der Waals surface area (Å²) in [6.07, 6.45) is -3.91. The van der Waals surface area contributed by atoms with Crippen LogP contribution >= 0.6 is 0 Å². The van der Waals surface area contributed by atoms with Gasteiger partial charge in [-0.15, -0.1) is 13.2 Å². The van der Waals surface area contributed by atoms with Crippen LogP contribution in [0.2, 0.25) is 0 Å². The maximum absolute atomic E-state index is 12.0. The van der Waals surface area contributed by atoms with E-state index in [9.17, 15) is 13.2 Å². The molecule has 1 unspecified atom stereocenters. The molecule has 0 spiro atoms. The van der Waals surface area contributed by atoms with Gasteiger partial charge in [0.25, 0.3) is 0 Å². The van der Waals surface area contributed by atoms with Crippen LogP contribution in [0.5, 0.6) is 5.75 Å². The zero-order valence-corrected chi connectivity index (χ0v) is 9.37. The van der Waals surface area contributed by atoms with Gasteiger partial charge in [0.05, 0.1) is 6.04 Å². The lowest BCUT2D eigenvalue weighted by Gasteiger charge is -2.23. The predicted octanol–water partition coefficient (Wildman–Crippen LogP) is 1.93. The molecule has 0 aromatic heterocycles. The van der Waals surface area contributed by atoms with Crippen LogP contribution in [-0.2, 0) is 0 Å². The van der Waals surface area contributed by atoms with Gasteiger partial charge in [-0.3, -0.25) is 4.99 Å². The maximum Gasteiger partial charge on any atom is 0.573 e. The van der Waals surface area contributed by atoms with Gasteiger partial charge in [0, 0.05) is 6.54 Å². The van der Waals surface area contributed by atoms with Crippen molar-refractivity contribution in [2.24, 2.45) is 10.7 Å². The summed E-state index contributed by atoms with van der Waals surface area (Å²) in [5, 5.41) is 2.97. The van der Waals surface area contributed by atoms with E-state index in [1.807, 2.05) is 0 Å². The fourth-order valence-electron chi connectivity index (χ4n) is 1.76. The third-order valence-corrected chi connectivity index (χ3v) is 2.54. The van der Waals surface area contributed by atoms with Crippen molar-refractivity contribution in [3.8, 4) is 5.75 Å². The van der Waals surface area contributed by atoms with Crippen LogP contribution in [0, 0.1) is 0 Å². The van der Waals surface area contributed by atoms with Crippen molar-refractivity contribution < 1.29 is 17.9 Å². The zero-order chi connectivity index (χ0) is 13.2. The lowest BCUT2D eigenvalue weighted by Crippen LogP contribution is -2.38. The average molecular weight is 259 g/mol. The number of nitrogens with one attached hydrogen (secondary N) is 1. The largest absolute Gasteiger partial charge is 0.573 e. The van der Waals surface area contributed by atoms with E-state index >= 15 is 0 Å². The van der Waals surface area contributed by atoms with Gasteiger partial charge in [-0.2, -0.15) is 0 Å². The SMILES string of the molecule is NC1=NCCC(c2ccc(OC(F)(F)F)cc2)N1. The number of benzene rings is 1. The van der Waals surface area contributed by atoms with Crippen molar-refractivity contribution in [2.45, 2.75) is 18.8 Å². The molecule has 0 saturated carbocycles. The molecule has 7 heteroatoms. The van der Waals surface area contributed by atoms with Crippen LogP contribution in [0.25, 0.3) is 0 Å². The first kappa shape index (κ1) is 12.5. The smallest absolute Gasteiger partial charge is 0.406 e. The van der Waals surface area contributed by atoms with Crippen molar-refractivity contribution >= 4 is 5.96 Å². The summed E-state index contributed by atoms with van der Waals surface area (Å²) in [5.74, 6) is 0.116. The number of guanidine groups is 1. The van der Waals surface area contributed by atoms with E-state index in [2.05, 4.69) is 15.0 Å². The van der Waals surface area contributed by atoms with Crippen molar-refractivity contribution in [2.75, 3.05) is 6.54 Å². The Hall–Kier alpha value is -1.92. The number of rotatable bonds is 2. The van der Waals surface area contributed by atoms with Crippen molar-refractivity contribution in [3.63, 3.8) is 0 Å². The number of nitrogens with two attached hydrogens (primary N) is 1. The van der Waals surface area contributed by atoms with E-state index in [-0.39, 0.29) is 11.8 Å². The molecule has 1 aromatic rings. The Labute approximate surface area is 102 Å². The molecule has 3 N–H and O–H groups in total. The van der Waals surface area contributed by atoms with E-state index < -0.39 is 6.36 Å². The number of ether oxygens (including phenoxy) is 1. The van der Waals surface area contributed by atoms with E-state index in [4.69, 9.17) is 5.73 Å². The molecule has 1 heterocycles. The fraction of sp³-hybridized carbons (Fsp3) is 0.364. The molecule has 1 atom stereocenters. The van der Waals surface area contributed by atoms with Gasteiger partial charge in [-0.25, -0.2) is 0 Å². The lowest BCUT2D eigenvalue weighted by atomic mass is 10.0. The van der Waals surface area contributed by atoms with E-state index in [1.54, 1.807) is 12.1 Å². The van der Waals surface area contributed by atoms with Crippen LogP contribution in [0.4, 0.5) is 13.2 Å². The van der Waals surface area contributed by atoms with E-state index in [0.29, 0.717) is 12.5 Å². The van der Waals surface area contributed by atoms with Gasteiger partial charge in [0.2, 0.25) is 0 Å². The quantitative estimate of drug-likeness (QED) is 0.853. The lowest BCUT2D eigenvalue weighted by molar-refractivity contribution is -0.274. The Morgan fingerprint density at radius 2 is 1.94 bits per heavy atom. The van der Waals surface area contributed by atoms with Gasteiger partial charge >= 0.3 is 6.36 Å². The number of hydrogen-bond acceptors (Lipinski definition) is 4. The summed E-state index contributed by atoms with van der Waals surface area (Å²) in [6.45, 7) is 0.601. The normalized spacial score (nSPS) is 19.9. The van der Waals surface area contributed by atoms with Gasteiger partial charge < -0.3 is 15.8 Å². The first-order valence-corrected chi connectivity index (χ1v) is 5.36. The summed E-state index contributed by atoms with van der Waals surface area (Å²) >= 11 is 0. The number of alkyl halides is 3. The predicted molar refractivity (Wildman–Crippen MR) is 60.1 cm³/mol. The topological polar surface area (TPSA) is 59.6 Å². The molecule has 0 fully saturated rings. The molecular formula is C11H12F3N3O. The summed E-state index contributed by atoms with van der Waals surface area (Å²) in [4.78, 5) is 3.98. The molecule has 2 rings (SSSR count).